The molecule has 0 saturated heterocycles. The molecule has 1 N–H and O–H groups in total. The number of nitro groups is 2. The van der Waals surface area contributed by atoms with Crippen molar-refractivity contribution < 1.29 is 45.9 Å². The van der Waals surface area contributed by atoms with Gasteiger partial charge in [-0.1, -0.05) is 0 Å². The molecule has 0 bridgehead atoms. The van der Waals surface area contributed by atoms with Crippen LogP contribution < -0.4 is 29.6 Å². The summed E-state index contributed by atoms with van der Waals surface area (Å²) in [5.74, 6) is -0.331. The number of benzene rings is 1. The van der Waals surface area contributed by atoms with Crippen molar-refractivity contribution in [2.24, 2.45) is 0 Å². The molecule has 0 spiro atoms. The topological polar surface area (TPSA) is 107 Å². The predicted molar refractivity (Wildman–Crippen MR) is 47.3 cm³/mol. The Morgan fingerprint density at radius 2 is 1.80 bits per heavy atom. The second-order valence-electron chi connectivity index (χ2n) is 2.59. The quantitative estimate of drug-likeness (QED) is 0.377. The zero-order valence-electron chi connectivity index (χ0n) is 9.13. The fourth-order valence-electron chi connectivity index (χ4n) is 1.05. The summed E-state index contributed by atoms with van der Waals surface area (Å²) in [6, 6.07) is 1.96. The minimum absolute atomic E-state index is 0. The molecule has 0 heterocycles. The number of hydrogen-bond donors (Lipinski definition) is 1. The summed E-state index contributed by atoms with van der Waals surface area (Å²) in [5.41, 5.74) is -1.40. The van der Waals surface area contributed by atoms with Gasteiger partial charge in [-0.05, 0) is 13.0 Å². The second-order valence-corrected chi connectivity index (χ2v) is 2.59. The average Bonchev–Trinajstić information content (AvgIpc) is 2.08. The van der Waals surface area contributed by atoms with E-state index in [1.807, 2.05) is 0 Å². The van der Waals surface area contributed by atoms with Crippen molar-refractivity contribution in [1.82, 2.24) is 0 Å². The number of nitrogens with zero attached hydrogens (tertiary/aromatic N) is 2. The average molecular weight is 222 g/mol. The largest absolute Gasteiger partial charge is 1.00 e. The van der Waals surface area contributed by atoms with Crippen LogP contribution in [0.3, 0.4) is 0 Å². The smallest absolute Gasteiger partial charge is 1.00 e. The molecule has 1 rings (SSSR count). The molecule has 0 atom stereocenters. The molecule has 76 valence electrons. The molecule has 0 fully saturated rings. The Labute approximate surface area is 108 Å². The van der Waals surface area contributed by atoms with E-state index in [1.165, 1.54) is 6.92 Å². The number of aromatic hydroxyl groups is 1. The molecule has 1 aromatic rings. The van der Waals surface area contributed by atoms with Crippen LogP contribution in [-0.2, 0) is 0 Å². The van der Waals surface area contributed by atoms with Crippen LogP contribution in [0.4, 0.5) is 11.4 Å². The Kier molecular flexibility index (Phi) is 4.66. The number of rotatable bonds is 2. The van der Waals surface area contributed by atoms with Gasteiger partial charge in [0.25, 0.3) is 0 Å². The molecule has 0 saturated carbocycles. The third kappa shape index (κ3) is 2.65. The molecule has 7 nitrogen and oxygen atoms in total. The molecule has 0 amide bonds. The monoisotopic (exact) mass is 222 g/mol. The molecular formula is C7H7N2NaO5. The van der Waals surface area contributed by atoms with Crippen molar-refractivity contribution in [2.75, 3.05) is 0 Å². The van der Waals surface area contributed by atoms with E-state index in [0.717, 1.165) is 12.1 Å². The van der Waals surface area contributed by atoms with E-state index >= 15 is 0 Å². The van der Waals surface area contributed by atoms with Gasteiger partial charge in [-0.25, -0.2) is 0 Å². The maximum Gasteiger partial charge on any atom is 1.00 e. The Morgan fingerprint density at radius 1 is 1.27 bits per heavy atom. The van der Waals surface area contributed by atoms with Crippen molar-refractivity contribution >= 4 is 11.4 Å². The molecule has 0 aliphatic rings. The molecular weight excluding hydrogens is 215 g/mol. The van der Waals surface area contributed by atoms with Crippen molar-refractivity contribution in [2.45, 2.75) is 6.92 Å². The van der Waals surface area contributed by atoms with Crippen LogP contribution in [-0.4, -0.2) is 15.0 Å². The van der Waals surface area contributed by atoms with E-state index in [1.54, 1.807) is 0 Å². The molecule has 0 aromatic heterocycles. The van der Waals surface area contributed by atoms with Gasteiger partial charge in [0.1, 0.15) is 5.75 Å². The van der Waals surface area contributed by atoms with Crippen molar-refractivity contribution in [3.63, 3.8) is 0 Å². The van der Waals surface area contributed by atoms with Crippen LogP contribution in [0.5, 0.6) is 5.75 Å². The zero-order chi connectivity index (χ0) is 10.9. The minimum atomic E-state index is -0.882. The molecule has 0 aliphatic heterocycles. The normalized spacial score (nSPS) is 9.13. The van der Waals surface area contributed by atoms with Crippen molar-refractivity contribution in [3.8, 4) is 5.75 Å². The first-order chi connectivity index (χ1) is 6.45. The van der Waals surface area contributed by atoms with Crippen LogP contribution in [0.1, 0.15) is 6.99 Å². The van der Waals surface area contributed by atoms with Gasteiger partial charge in [0.2, 0.25) is 0 Å². The first kappa shape index (κ1) is 13.8. The molecule has 0 unspecified atom stereocenters. The van der Waals surface area contributed by atoms with Crippen LogP contribution in [0, 0.1) is 27.2 Å². The number of phenolic OH excluding ortho intramolecular Hbond substituents is 1. The maximum absolute atomic E-state index is 10.5. The van der Waals surface area contributed by atoms with E-state index in [-0.39, 0.29) is 42.3 Å². The van der Waals surface area contributed by atoms with Crippen LogP contribution in [0.15, 0.2) is 12.1 Å². The molecule has 0 radical (unpaired) electrons. The number of phenols is 1. The van der Waals surface area contributed by atoms with E-state index in [0.29, 0.717) is 0 Å². The Bertz CT molecular complexity index is 425. The first-order valence-electron chi connectivity index (χ1n) is 3.56. The van der Waals surface area contributed by atoms with E-state index in [4.69, 9.17) is 5.11 Å². The Hall–Kier alpha value is -1.18. The molecule has 15 heavy (non-hydrogen) atoms. The van der Waals surface area contributed by atoms with Gasteiger partial charge in [0.15, 0.2) is 0 Å². The minimum Gasteiger partial charge on any atom is -1.00 e. The summed E-state index contributed by atoms with van der Waals surface area (Å²) in [7, 11) is 0. The third-order valence-electron chi connectivity index (χ3n) is 1.76. The SMILES string of the molecule is Cc1c(O)ccc([N+](=O)[O-])c1[N+](=O)[O-].[H-].[Na+]. The van der Waals surface area contributed by atoms with E-state index < -0.39 is 21.2 Å². The molecule has 0 aliphatic carbocycles. The molecule has 8 heteroatoms. The number of hydrogen-bond acceptors (Lipinski definition) is 5. The Morgan fingerprint density at radius 3 is 2.20 bits per heavy atom. The van der Waals surface area contributed by atoms with Gasteiger partial charge < -0.3 is 6.53 Å². The van der Waals surface area contributed by atoms with Crippen LogP contribution in [0.2, 0.25) is 0 Å². The van der Waals surface area contributed by atoms with Gasteiger partial charge in [0, 0.05) is 6.07 Å². The summed E-state index contributed by atoms with van der Waals surface area (Å²) in [6.07, 6.45) is 0. The van der Waals surface area contributed by atoms with Crippen molar-refractivity contribution in [3.05, 3.63) is 37.9 Å². The summed E-state index contributed by atoms with van der Waals surface area (Å²) < 4.78 is 0. The van der Waals surface area contributed by atoms with Crippen LogP contribution >= 0.6 is 0 Å². The van der Waals surface area contributed by atoms with Gasteiger partial charge in [-0.3, -0.25) is 20.2 Å². The predicted octanol–water partition coefficient (Wildman–Crippen LogP) is -1.37. The van der Waals surface area contributed by atoms with Crippen LogP contribution in [0.25, 0.3) is 0 Å². The van der Waals surface area contributed by atoms with E-state index in [2.05, 4.69) is 0 Å². The summed E-state index contributed by atoms with van der Waals surface area (Å²) >= 11 is 0. The summed E-state index contributed by atoms with van der Waals surface area (Å²) in [6.45, 7) is 1.25. The molecule has 1 aromatic carbocycles. The van der Waals surface area contributed by atoms with Crippen molar-refractivity contribution in [1.29, 1.82) is 0 Å². The summed E-state index contributed by atoms with van der Waals surface area (Å²) in [4.78, 5) is 19.2. The van der Waals surface area contributed by atoms with Gasteiger partial charge in [-0.2, -0.15) is 0 Å². The van der Waals surface area contributed by atoms with Gasteiger partial charge in [-0.15, -0.1) is 0 Å². The third-order valence-corrected chi connectivity index (χ3v) is 1.76. The fraction of sp³-hybridized carbons (Fsp3) is 0.143. The van der Waals surface area contributed by atoms with Gasteiger partial charge in [0.05, 0.1) is 15.4 Å². The van der Waals surface area contributed by atoms with E-state index in [9.17, 15) is 20.2 Å². The standard InChI is InChI=1S/C7H6N2O5.Na.H/c1-4-6(10)3-2-5(8(11)12)7(4)9(13)14;;/h2-3,10H,1H3;;/q;+1;-1. The Balaban J connectivity index is 0. The first-order valence-corrected chi connectivity index (χ1v) is 3.56. The second kappa shape index (κ2) is 5.06. The fourth-order valence-corrected chi connectivity index (χ4v) is 1.05. The zero-order valence-corrected chi connectivity index (χ0v) is 10.1. The summed E-state index contributed by atoms with van der Waals surface area (Å²) in [5, 5.41) is 30.0. The van der Waals surface area contributed by atoms with Gasteiger partial charge >= 0.3 is 40.9 Å². The number of nitro benzene ring substituents is 2. The maximum atomic E-state index is 10.5.